The molecule has 3 rings (SSSR count). The largest absolute Gasteiger partial charge is 0.309 e. The molecule has 1 unspecified atom stereocenters. The van der Waals surface area contributed by atoms with E-state index in [0.717, 1.165) is 34.4 Å². The van der Waals surface area contributed by atoms with E-state index in [1.54, 1.807) is 12.1 Å². The van der Waals surface area contributed by atoms with Gasteiger partial charge in [0.05, 0.1) is 16.2 Å². The van der Waals surface area contributed by atoms with Gasteiger partial charge in [0, 0.05) is 5.56 Å². The van der Waals surface area contributed by atoms with Crippen LogP contribution in [0.3, 0.4) is 0 Å². The molecule has 1 fully saturated rings. The molecule has 0 aliphatic carbocycles. The smallest absolute Gasteiger partial charge is 0.123 e. The van der Waals surface area contributed by atoms with Crippen molar-refractivity contribution in [1.29, 1.82) is 0 Å². The number of benzene rings is 1. The molecule has 0 spiro atoms. The zero-order valence-corrected chi connectivity index (χ0v) is 11.3. The van der Waals surface area contributed by atoms with Gasteiger partial charge in [0.1, 0.15) is 11.5 Å². The summed E-state index contributed by atoms with van der Waals surface area (Å²) in [6, 6.07) is 6.71. The highest BCUT2D eigenvalue weighted by molar-refractivity contribution is 9.10. The van der Waals surface area contributed by atoms with Crippen LogP contribution >= 0.6 is 15.9 Å². The van der Waals surface area contributed by atoms with Crippen molar-refractivity contribution in [3.63, 3.8) is 0 Å². The summed E-state index contributed by atoms with van der Waals surface area (Å²) in [6.45, 7) is 1.04. The summed E-state index contributed by atoms with van der Waals surface area (Å²) in [5.74, 6) is -0.233. The molecule has 94 valence electrons. The second kappa shape index (κ2) is 4.82. The maximum atomic E-state index is 12.9. The lowest BCUT2D eigenvalue weighted by Crippen LogP contribution is -2.13. The van der Waals surface area contributed by atoms with Gasteiger partial charge >= 0.3 is 0 Å². The maximum absolute atomic E-state index is 12.9. The summed E-state index contributed by atoms with van der Waals surface area (Å²) in [5.41, 5.74) is 2.81. The summed E-state index contributed by atoms with van der Waals surface area (Å²) >= 11 is 3.59. The number of H-pyrrole nitrogens is 1. The quantitative estimate of drug-likeness (QED) is 0.892. The highest BCUT2D eigenvalue weighted by Crippen LogP contribution is 2.34. The lowest BCUT2D eigenvalue weighted by Gasteiger charge is -2.07. The molecule has 0 radical (unpaired) electrons. The van der Waals surface area contributed by atoms with Crippen LogP contribution in [0.5, 0.6) is 0 Å². The fourth-order valence-electron chi connectivity index (χ4n) is 2.30. The number of aromatic nitrogens is 2. The Bertz CT molecular complexity index is 544. The third-order valence-corrected chi connectivity index (χ3v) is 4.06. The molecule has 18 heavy (non-hydrogen) atoms. The SMILES string of the molecule is Fc1ccc(-c2n[nH]c(C3CCCN3)c2Br)cc1. The van der Waals surface area contributed by atoms with Crippen LogP contribution in [0.15, 0.2) is 28.7 Å². The maximum Gasteiger partial charge on any atom is 0.123 e. The van der Waals surface area contributed by atoms with Gasteiger partial charge in [-0.25, -0.2) is 4.39 Å². The van der Waals surface area contributed by atoms with Gasteiger partial charge < -0.3 is 5.32 Å². The highest BCUT2D eigenvalue weighted by atomic mass is 79.9. The number of hydrogen-bond donors (Lipinski definition) is 2. The zero-order chi connectivity index (χ0) is 12.5. The minimum absolute atomic E-state index is 0.233. The summed E-state index contributed by atoms with van der Waals surface area (Å²) in [7, 11) is 0. The van der Waals surface area contributed by atoms with E-state index in [-0.39, 0.29) is 5.82 Å². The van der Waals surface area contributed by atoms with Crippen molar-refractivity contribution in [3.05, 3.63) is 40.2 Å². The van der Waals surface area contributed by atoms with Crippen LogP contribution in [0.2, 0.25) is 0 Å². The van der Waals surface area contributed by atoms with E-state index in [4.69, 9.17) is 0 Å². The van der Waals surface area contributed by atoms with Crippen LogP contribution in [0.25, 0.3) is 11.3 Å². The third-order valence-electron chi connectivity index (χ3n) is 3.26. The van der Waals surface area contributed by atoms with Crippen molar-refractivity contribution in [2.75, 3.05) is 6.54 Å². The van der Waals surface area contributed by atoms with Crippen molar-refractivity contribution in [3.8, 4) is 11.3 Å². The van der Waals surface area contributed by atoms with Crippen LogP contribution in [-0.2, 0) is 0 Å². The average molecular weight is 310 g/mol. The number of hydrogen-bond acceptors (Lipinski definition) is 2. The van der Waals surface area contributed by atoms with Crippen molar-refractivity contribution in [2.24, 2.45) is 0 Å². The minimum Gasteiger partial charge on any atom is -0.309 e. The first-order chi connectivity index (χ1) is 8.75. The number of halogens is 2. The molecule has 5 heteroatoms. The summed E-state index contributed by atoms with van der Waals surface area (Å²) < 4.78 is 13.9. The van der Waals surface area contributed by atoms with E-state index < -0.39 is 0 Å². The Hall–Kier alpha value is -1.20. The normalized spacial score (nSPS) is 19.3. The first kappa shape index (κ1) is 11.9. The van der Waals surface area contributed by atoms with Crippen LogP contribution in [0, 0.1) is 5.82 Å². The van der Waals surface area contributed by atoms with Crippen molar-refractivity contribution >= 4 is 15.9 Å². The Morgan fingerprint density at radius 2 is 2.06 bits per heavy atom. The summed E-state index contributed by atoms with van der Waals surface area (Å²) in [6.07, 6.45) is 2.30. The second-order valence-corrected chi connectivity index (χ2v) is 5.25. The lowest BCUT2D eigenvalue weighted by atomic mass is 10.1. The van der Waals surface area contributed by atoms with Gasteiger partial charge in [-0.3, -0.25) is 5.10 Å². The van der Waals surface area contributed by atoms with E-state index in [1.165, 1.54) is 18.6 Å². The van der Waals surface area contributed by atoms with Gasteiger partial charge in [-0.2, -0.15) is 5.10 Å². The molecule has 3 nitrogen and oxygen atoms in total. The molecule has 0 bridgehead atoms. The van der Waals surface area contributed by atoms with Gasteiger partial charge in [0.2, 0.25) is 0 Å². The standard InChI is InChI=1S/C13H13BrFN3/c14-11-12(8-3-5-9(15)6-4-8)17-18-13(11)10-2-1-7-16-10/h3-6,10,16H,1-2,7H2,(H,17,18). The monoisotopic (exact) mass is 309 g/mol. The van der Waals surface area contributed by atoms with Gasteiger partial charge in [0.25, 0.3) is 0 Å². The van der Waals surface area contributed by atoms with E-state index >= 15 is 0 Å². The van der Waals surface area contributed by atoms with Crippen molar-refractivity contribution in [1.82, 2.24) is 15.5 Å². The van der Waals surface area contributed by atoms with Gasteiger partial charge in [-0.1, -0.05) is 0 Å². The molecular weight excluding hydrogens is 297 g/mol. The molecule has 2 aromatic rings. The zero-order valence-electron chi connectivity index (χ0n) is 9.71. The Balaban J connectivity index is 1.96. The van der Waals surface area contributed by atoms with E-state index in [2.05, 4.69) is 31.4 Å². The van der Waals surface area contributed by atoms with Crippen LogP contribution in [-0.4, -0.2) is 16.7 Å². The third kappa shape index (κ3) is 2.08. The molecule has 0 amide bonds. The van der Waals surface area contributed by atoms with Gasteiger partial charge in [-0.05, 0) is 59.6 Å². The minimum atomic E-state index is -0.233. The lowest BCUT2D eigenvalue weighted by molar-refractivity contribution is 0.623. The fraction of sp³-hybridized carbons (Fsp3) is 0.308. The van der Waals surface area contributed by atoms with Crippen molar-refractivity contribution in [2.45, 2.75) is 18.9 Å². The second-order valence-electron chi connectivity index (χ2n) is 4.46. The van der Waals surface area contributed by atoms with Crippen LogP contribution < -0.4 is 5.32 Å². The van der Waals surface area contributed by atoms with E-state index in [0.29, 0.717) is 6.04 Å². The van der Waals surface area contributed by atoms with E-state index in [1.807, 2.05) is 0 Å². The first-order valence-electron chi connectivity index (χ1n) is 5.99. The molecule has 1 saturated heterocycles. The van der Waals surface area contributed by atoms with Gasteiger partial charge in [-0.15, -0.1) is 0 Å². The molecule has 2 N–H and O–H groups in total. The fourth-order valence-corrected chi connectivity index (χ4v) is 2.99. The molecule has 1 aromatic carbocycles. The molecular formula is C13H13BrFN3. The first-order valence-corrected chi connectivity index (χ1v) is 6.78. The number of nitrogens with zero attached hydrogens (tertiary/aromatic N) is 1. The predicted octanol–water partition coefficient (Wildman–Crippen LogP) is 3.40. The molecule has 1 aromatic heterocycles. The Kier molecular flexibility index (Phi) is 3.18. The molecule has 1 aliphatic rings. The number of aromatic amines is 1. The average Bonchev–Trinajstić information content (AvgIpc) is 2.99. The topological polar surface area (TPSA) is 40.7 Å². The van der Waals surface area contributed by atoms with E-state index in [9.17, 15) is 4.39 Å². The van der Waals surface area contributed by atoms with Crippen LogP contribution in [0.4, 0.5) is 4.39 Å². The molecule has 1 aliphatic heterocycles. The molecule has 1 atom stereocenters. The molecule has 2 heterocycles. The highest BCUT2D eigenvalue weighted by Gasteiger charge is 2.23. The Morgan fingerprint density at radius 1 is 1.28 bits per heavy atom. The summed E-state index contributed by atoms with van der Waals surface area (Å²) in [4.78, 5) is 0. The van der Waals surface area contributed by atoms with Crippen molar-refractivity contribution < 1.29 is 4.39 Å². The predicted molar refractivity (Wildman–Crippen MR) is 71.7 cm³/mol. The Labute approximate surface area is 113 Å². The van der Waals surface area contributed by atoms with Gasteiger partial charge in [0.15, 0.2) is 0 Å². The Morgan fingerprint density at radius 3 is 2.72 bits per heavy atom. The molecule has 0 saturated carbocycles. The number of rotatable bonds is 2. The number of nitrogens with one attached hydrogen (secondary N) is 2. The summed E-state index contributed by atoms with van der Waals surface area (Å²) in [5, 5.41) is 10.8. The van der Waals surface area contributed by atoms with Crippen LogP contribution in [0.1, 0.15) is 24.6 Å².